The Bertz CT molecular complexity index is 292. The fourth-order valence-electron chi connectivity index (χ4n) is 3.12. The van der Waals surface area contributed by atoms with Crippen LogP contribution >= 0.6 is 0 Å². The Morgan fingerprint density at radius 3 is 2.65 bits per heavy atom. The number of carbonyl (C=O) groups excluding carboxylic acids is 1. The van der Waals surface area contributed by atoms with Crippen molar-refractivity contribution in [3.05, 3.63) is 0 Å². The van der Waals surface area contributed by atoms with E-state index in [2.05, 4.69) is 29.4 Å². The second kappa shape index (κ2) is 7.99. The second-order valence-corrected chi connectivity index (χ2v) is 6.90. The van der Waals surface area contributed by atoms with E-state index < -0.39 is 0 Å². The van der Waals surface area contributed by atoms with Crippen molar-refractivity contribution in [1.82, 2.24) is 15.5 Å². The number of piperidine rings is 1. The van der Waals surface area contributed by atoms with Crippen molar-refractivity contribution in [2.24, 2.45) is 17.8 Å². The van der Waals surface area contributed by atoms with Gasteiger partial charge in [0, 0.05) is 13.1 Å². The summed E-state index contributed by atoms with van der Waals surface area (Å²) in [5, 5.41) is 6.41. The van der Waals surface area contributed by atoms with Crippen LogP contribution in [-0.2, 0) is 4.79 Å². The highest BCUT2D eigenvalue weighted by molar-refractivity contribution is 5.79. The summed E-state index contributed by atoms with van der Waals surface area (Å²) in [6.45, 7) is 11.0. The summed E-state index contributed by atoms with van der Waals surface area (Å²) in [5.41, 5.74) is 0. The first-order valence-corrected chi connectivity index (χ1v) is 8.36. The predicted octanol–water partition coefficient (Wildman–Crippen LogP) is 1.47. The SMILES string of the molecule is CC(C)CCN1CCC(CNC(=O)C2CCNC2)CC1. The average Bonchev–Trinajstić information content (AvgIpc) is 2.98. The molecule has 2 N–H and O–H groups in total. The maximum Gasteiger partial charge on any atom is 0.224 e. The molecular weight excluding hydrogens is 250 g/mol. The lowest BCUT2D eigenvalue weighted by molar-refractivity contribution is -0.124. The molecule has 4 nitrogen and oxygen atoms in total. The molecule has 0 spiro atoms. The van der Waals surface area contributed by atoms with Crippen LogP contribution in [0.4, 0.5) is 0 Å². The van der Waals surface area contributed by atoms with Crippen LogP contribution in [0.25, 0.3) is 0 Å². The maximum absolute atomic E-state index is 12.0. The fourth-order valence-corrected chi connectivity index (χ4v) is 3.12. The van der Waals surface area contributed by atoms with Crippen molar-refractivity contribution in [2.45, 2.75) is 39.5 Å². The molecule has 0 aromatic rings. The molecule has 1 unspecified atom stereocenters. The number of nitrogens with zero attached hydrogens (tertiary/aromatic N) is 1. The minimum absolute atomic E-state index is 0.209. The molecule has 116 valence electrons. The van der Waals surface area contributed by atoms with Gasteiger partial charge >= 0.3 is 0 Å². The van der Waals surface area contributed by atoms with Crippen molar-refractivity contribution in [1.29, 1.82) is 0 Å². The summed E-state index contributed by atoms with van der Waals surface area (Å²) in [5.74, 6) is 1.95. The largest absolute Gasteiger partial charge is 0.356 e. The van der Waals surface area contributed by atoms with Gasteiger partial charge in [-0.3, -0.25) is 4.79 Å². The molecule has 2 aliphatic rings. The number of hydrogen-bond acceptors (Lipinski definition) is 3. The quantitative estimate of drug-likeness (QED) is 0.775. The molecule has 0 saturated carbocycles. The van der Waals surface area contributed by atoms with Gasteiger partial charge in [-0.25, -0.2) is 0 Å². The molecule has 1 amide bonds. The third-order valence-corrected chi connectivity index (χ3v) is 4.73. The van der Waals surface area contributed by atoms with Gasteiger partial charge in [0.25, 0.3) is 0 Å². The van der Waals surface area contributed by atoms with Gasteiger partial charge in [0.2, 0.25) is 5.91 Å². The smallest absolute Gasteiger partial charge is 0.224 e. The Kier molecular flexibility index (Phi) is 6.30. The maximum atomic E-state index is 12.0. The summed E-state index contributed by atoms with van der Waals surface area (Å²) in [6, 6.07) is 0. The molecule has 4 heteroatoms. The van der Waals surface area contributed by atoms with Crippen LogP contribution in [0.15, 0.2) is 0 Å². The van der Waals surface area contributed by atoms with Gasteiger partial charge in [0.15, 0.2) is 0 Å². The van der Waals surface area contributed by atoms with Crippen LogP contribution in [-0.4, -0.2) is 50.1 Å². The van der Waals surface area contributed by atoms with Gasteiger partial charge in [0.05, 0.1) is 5.92 Å². The van der Waals surface area contributed by atoms with E-state index in [0.717, 1.165) is 32.0 Å². The number of hydrogen-bond donors (Lipinski definition) is 2. The molecule has 0 aliphatic carbocycles. The third kappa shape index (κ3) is 5.06. The van der Waals surface area contributed by atoms with Crippen LogP contribution in [0.3, 0.4) is 0 Å². The number of amides is 1. The van der Waals surface area contributed by atoms with Gasteiger partial charge < -0.3 is 15.5 Å². The van der Waals surface area contributed by atoms with E-state index in [4.69, 9.17) is 0 Å². The highest BCUT2D eigenvalue weighted by Gasteiger charge is 2.24. The highest BCUT2D eigenvalue weighted by Crippen LogP contribution is 2.17. The minimum Gasteiger partial charge on any atom is -0.356 e. The van der Waals surface area contributed by atoms with Crippen molar-refractivity contribution in [2.75, 3.05) is 39.3 Å². The second-order valence-electron chi connectivity index (χ2n) is 6.90. The molecule has 2 fully saturated rings. The first-order chi connectivity index (χ1) is 9.65. The first-order valence-electron chi connectivity index (χ1n) is 8.36. The fraction of sp³-hybridized carbons (Fsp3) is 0.938. The van der Waals surface area contributed by atoms with Crippen molar-refractivity contribution in [3.8, 4) is 0 Å². The zero-order chi connectivity index (χ0) is 14.4. The lowest BCUT2D eigenvalue weighted by atomic mass is 9.96. The molecule has 2 aliphatic heterocycles. The van der Waals surface area contributed by atoms with Gasteiger partial charge in [-0.1, -0.05) is 13.8 Å². The van der Waals surface area contributed by atoms with E-state index in [1.807, 2.05) is 0 Å². The van der Waals surface area contributed by atoms with Gasteiger partial charge in [-0.05, 0) is 63.7 Å². The topological polar surface area (TPSA) is 44.4 Å². The molecule has 0 aromatic carbocycles. The summed E-state index contributed by atoms with van der Waals surface area (Å²) in [7, 11) is 0. The van der Waals surface area contributed by atoms with Crippen LogP contribution in [0, 0.1) is 17.8 Å². The van der Waals surface area contributed by atoms with Crippen LogP contribution in [0.5, 0.6) is 0 Å². The number of rotatable bonds is 6. The summed E-state index contributed by atoms with van der Waals surface area (Å²) < 4.78 is 0. The molecule has 2 rings (SSSR count). The van der Waals surface area contributed by atoms with Crippen molar-refractivity contribution in [3.63, 3.8) is 0 Å². The zero-order valence-electron chi connectivity index (χ0n) is 13.2. The third-order valence-electron chi connectivity index (χ3n) is 4.73. The zero-order valence-corrected chi connectivity index (χ0v) is 13.2. The normalized spacial score (nSPS) is 25.2. The Labute approximate surface area is 123 Å². The predicted molar refractivity (Wildman–Crippen MR) is 82.6 cm³/mol. The van der Waals surface area contributed by atoms with E-state index in [1.54, 1.807) is 0 Å². The van der Waals surface area contributed by atoms with Crippen LogP contribution in [0.2, 0.25) is 0 Å². The summed E-state index contributed by atoms with van der Waals surface area (Å²) in [6.07, 6.45) is 4.78. The van der Waals surface area contributed by atoms with Crippen molar-refractivity contribution < 1.29 is 4.79 Å². The summed E-state index contributed by atoms with van der Waals surface area (Å²) in [4.78, 5) is 14.6. The van der Waals surface area contributed by atoms with E-state index in [1.165, 1.54) is 38.9 Å². The van der Waals surface area contributed by atoms with E-state index in [-0.39, 0.29) is 11.8 Å². The molecule has 20 heavy (non-hydrogen) atoms. The molecular formula is C16H31N3O. The molecule has 0 radical (unpaired) electrons. The lowest BCUT2D eigenvalue weighted by Crippen LogP contribution is -2.40. The van der Waals surface area contributed by atoms with E-state index in [9.17, 15) is 4.79 Å². The summed E-state index contributed by atoms with van der Waals surface area (Å²) >= 11 is 0. The Hall–Kier alpha value is -0.610. The van der Waals surface area contributed by atoms with Gasteiger partial charge in [0.1, 0.15) is 0 Å². The standard InChI is InChI=1S/C16H31N3O/c1-13(2)4-8-19-9-5-14(6-10-19)11-18-16(20)15-3-7-17-12-15/h13-15,17H,3-12H2,1-2H3,(H,18,20). The first kappa shape index (κ1) is 15.8. The van der Waals surface area contributed by atoms with E-state index >= 15 is 0 Å². The van der Waals surface area contributed by atoms with Crippen LogP contribution in [0.1, 0.15) is 39.5 Å². The Balaban J connectivity index is 1.58. The minimum atomic E-state index is 0.209. The van der Waals surface area contributed by atoms with Gasteiger partial charge in [-0.2, -0.15) is 0 Å². The lowest BCUT2D eigenvalue weighted by Gasteiger charge is -2.32. The molecule has 2 heterocycles. The number of likely N-dealkylation sites (tertiary alicyclic amines) is 1. The molecule has 0 aromatic heterocycles. The Morgan fingerprint density at radius 2 is 2.05 bits per heavy atom. The van der Waals surface area contributed by atoms with Gasteiger partial charge in [-0.15, -0.1) is 0 Å². The van der Waals surface area contributed by atoms with Crippen LogP contribution < -0.4 is 10.6 Å². The highest BCUT2D eigenvalue weighted by atomic mass is 16.1. The number of carbonyl (C=O) groups is 1. The molecule has 0 bridgehead atoms. The monoisotopic (exact) mass is 281 g/mol. The average molecular weight is 281 g/mol. The number of nitrogens with one attached hydrogen (secondary N) is 2. The van der Waals surface area contributed by atoms with Crippen molar-refractivity contribution >= 4 is 5.91 Å². The Morgan fingerprint density at radius 1 is 1.30 bits per heavy atom. The van der Waals surface area contributed by atoms with E-state index in [0.29, 0.717) is 5.92 Å². The molecule has 2 saturated heterocycles. The molecule has 1 atom stereocenters.